The summed E-state index contributed by atoms with van der Waals surface area (Å²) in [6.07, 6.45) is 0.181. The van der Waals surface area contributed by atoms with Crippen molar-refractivity contribution in [2.75, 3.05) is 0 Å². The second kappa shape index (κ2) is 6.29. The van der Waals surface area contributed by atoms with Crippen LogP contribution in [0.1, 0.15) is 29.3 Å². The molecule has 0 bridgehead atoms. The van der Waals surface area contributed by atoms with Crippen LogP contribution in [-0.2, 0) is 0 Å². The molecule has 1 N–H and O–H groups in total. The molecule has 100 valence electrons. The molecule has 1 amide bonds. The molecule has 1 aromatic rings. The zero-order valence-electron chi connectivity index (χ0n) is 10.4. The quantitative estimate of drug-likeness (QED) is 0.679. The van der Waals surface area contributed by atoms with Gasteiger partial charge in [0.25, 0.3) is 11.6 Å². The minimum atomic E-state index is -0.532. The maximum absolute atomic E-state index is 12.0. The van der Waals surface area contributed by atoms with E-state index in [9.17, 15) is 14.9 Å². The molecule has 7 heteroatoms. The third kappa shape index (κ3) is 3.76. The molecule has 0 saturated heterocycles. The van der Waals surface area contributed by atoms with E-state index >= 15 is 0 Å². The number of nitro groups is 1. The van der Waals surface area contributed by atoms with Gasteiger partial charge in [0, 0.05) is 22.1 Å². The highest BCUT2D eigenvalue weighted by Crippen LogP contribution is 2.26. The average molecular weight is 326 g/mol. The Morgan fingerprint density at radius 2 is 2.26 bits per heavy atom. The van der Waals surface area contributed by atoms with Crippen molar-refractivity contribution in [3.63, 3.8) is 0 Å². The van der Waals surface area contributed by atoms with Crippen molar-refractivity contribution in [2.45, 2.75) is 26.3 Å². The third-order valence-electron chi connectivity index (χ3n) is 2.56. The van der Waals surface area contributed by atoms with Gasteiger partial charge in [-0.15, -0.1) is 0 Å². The van der Waals surface area contributed by atoms with E-state index in [1.54, 1.807) is 6.92 Å². The number of rotatable bonds is 4. The summed E-state index contributed by atoms with van der Waals surface area (Å²) >= 11 is 3.14. The van der Waals surface area contributed by atoms with Crippen molar-refractivity contribution >= 4 is 27.5 Å². The molecular weight excluding hydrogens is 314 g/mol. The monoisotopic (exact) mass is 325 g/mol. The number of amides is 1. The van der Waals surface area contributed by atoms with Gasteiger partial charge in [0.1, 0.15) is 0 Å². The molecule has 1 unspecified atom stereocenters. The Bertz CT molecular complexity index is 566. The molecule has 0 heterocycles. The molecule has 19 heavy (non-hydrogen) atoms. The molecule has 1 atom stereocenters. The van der Waals surface area contributed by atoms with Crippen molar-refractivity contribution < 1.29 is 9.72 Å². The van der Waals surface area contributed by atoms with E-state index in [1.807, 2.05) is 6.07 Å². The SMILES string of the molecule is Cc1c(C(=O)NC(C)CC#N)cc(Br)cc1[N+](=O)[O-]. The lowest BCUT2D eigenvalue weighted by atomic mass is 10.1. The van der Waals surface area contributed by atoms with Gasteiger partial charge in [-0.2, -0.15) is 5.26 Å². The maximum Gasteiger partial charge on any atom is 0.274 e. The van der Waals surface area contributed by atoms with Gasteiger partial charge in [-0.25, -0.2) is 0 Å². The molecule has 0 fully saturated rings. The lowest BCUT2D eigenvalue weighted by Gasteiger charge is -2.12. The Hall–Kier alpha value is -1.94. The Kier molecular flexibility index (Phi) is 5.01. The van der Waals surface area contributed by atoms with E-state index in [1.165, 1.54) is 19.1 Å². The summed E-state index contributed by atoms with van der Waals surface area (Å²) in [6, 6.07) is 4.51. The van der Waals surface area contributed by atoms with Gasteiger partial charge in [-0.05, 0) is 19.9 Å². The summed E-state index contributed by atoms with van der Waals surface area (Å²) in [7, 11) is 0. The zero-order valence-corrected chi connectivity index (χ0v) is 12.0. The van der Waals surface area contributed by atoms with Crippen LogP contribution in [0.3, 0.4) is 0 Å². The van der Waals surface area contributed by atoms with Gasteiger partial charge in [0.05, 0.1) is 23.0 Å². The first-order valence-electron chi connectivity index (χ1n) is 5.49. The molecule has 1 aromatic carbocycles. The van der Waals surface area contributed by atoms with E-state index < -0.39 is 10.8 Å². The van der Waals surface area contributed by atoms with Crippen LogP contribution >= 0.6 is 15.9 Å². The summed E-state index contributed by atoms with van der Waals surface area (Å²) < 4.78 is 0.461. The van der Waals surface area contributed by atoms with E-state index in [4.69, 9.17) is 5.26 Å². The van der Waals surface area contributed by atoms with E-state index in [0.717, 1.165) is 0 Å². The number of nitrogens with one attached hydrogen (secondary N) is 1. The minimum absolute atomic E-state index is 0.118. The third-order valence-corrected chi connectivity index (χ3v) is 3.02. The van der Waals surface area contributed by atoms with Crippen LogP contribution in [0.4, 0.5) is 5.69 Å². The molecule has 0 aliphatic carbocycles. The van der Waals surface area contributed by atoms with Crippen LogP contribution in [0.5, 0.6) is 0 Å². The first-order chi connectivity index (χ1) is 8.86. The van der Waals surface area contributed by atoms with Crippen LogP contribution < -0.4 is 5.32 Å². The molecule has 0 spiro atoms. The highest BCUT2D eigenvalue weighted by atomic mass is 79.9. The summed E-state index contributed by atoms with van der Waals surface area (Å²) in [5.41, 5.74) is 0.410. The van der Waals surface area contributed by atoms with E-state index in [0.29, 0.717) is 10.0 Å². The summed E-state index contributed by atoms with van der Waals surface area (Å²) in [5, 5.41) is 22.0. The number of carbonyl (C=O) groups is 1. The van der Waals surface area contributed by atoms with Crippen LogP contribution in [0.25, 0.3) is 0 Å². The Balaban J connectivity index is 3.10. The van der Waals surface area contributed by atoms with Gasteiger partial charge in [-0.1, -0.05) is 15.9 Å². The Morgan fingerprint density at radius 1 is 1.63 bits per heavy atom. The fraction of sp³-hybridized carbons (Fsp3) is 0.333. The van der Waals surface area contributed by atoms with E-state index in [-0.39, 0.29) is 23.7 Å². The lowest BCUT2D eigenvalue weighted by Crippen LogP contribution is -2.32. The lowest BCUT2D eigenvalue weighted by molar-refractivity contribution is -0.385. The maximum atomic E-state index is 12.0. The summed E-state index contributed by atoms with van der Waals surface area (Å²) in [5.74, 6) is -0.426. The minimum Gasteiger partial charge on any atom is -0.349 e. The zero-order chi connectivity index (χ0) is 14.6. The highest BCUT2D eigenvalue weighted by Gasteiger charge is 2.20. The topological polar surface area (TPSA) is 96.0 Å². The molecule has 0 aromatic heterocycles. The number of nitro benzene ring substituents is 1. The number of hydrogen-bond donors (Lipinski definition) is 1. The largest absolute Gasteiger partial charge is 0.349 e. The first-order valence-corrected chi connectivity index (χ1v) is 6.28. The fourth-order valence-electron chi connectivity index (χ4n) is 1.58. The summed E-state index contributed by atoms with van der Waals surface area (Å²) in [6.45, 7) is 3.22. The average Bonchev–Trinajstić information content (AvgIpc) is 2.31. The molecule has 0 saturated carbocycles. The fourth-order valence-corrected chi connectivity index (χ4v) is 2.03. The second-order valence-electron chi connectivity index (χ2n) is 4.09. The normalized spacial score (nSPS) is 11.5. The molecule has 0 aliphatic heterocycles. The number of hydrogen-bond acceptors (Lipinski definition) is 4. The molecule has 0 aliphatic rings. The van der Waals surface area contributed by atoms with Crippen molar-refractivity contribution in [1.29, 1.82) is 5.26 Å². The Labute approximate surface area is 118 Å². The van der Waals surface area contributed by atoms with Crippen molar-refractivity contribution in [1.82, 2.24) is 5.32 Å². The van der Waals surface area contributed by atoms with Crippen molar-refractivity contribution in [3.05, 3.63) is 37.8 Å². The predicted octanol–water partition coefficient (Wildman–Crippen LogP) is 2.70. The molecule has 1 rings (SSSR count). The number of benzene rings is 1. The highest BCUT2D eigenvalue weighted by molar-refractivity contribution is 9.10. The molecule has 0 radical (unpaired) electrons. The van der Waals surface area contributed by atoms with E-state index in [2.05, 4.69) is 21.2 Å². The van der Waals surface area contributed by atoms with Gasteiger partial charge < -0.3 is 5.32 Å². The number of halogens is 1. The number of carbonyl (C=O) groups excluding carboxylic acids is 1. The van der Waals surface area contributed by atoms with Gasteiger partial charge >= 0.3 is 0 Å². The number of nitrogens with zero attached hydrogens (tertiary/aromatic N) is 2. The van der Waals surface area contributed by atoms with Gasteiger partial charge in [0.2, 0.25) is 0 Å². The van der Waals surface area contributed by atoms with Crippen LogP contribution in [0, 0.1) is 28.4 Å². The second-order valence-corrected chi connectivity index (χ2v) is 5.01. The van der Waals surface area contributed by atoms with Crippen LogP contribution in [0.2, 0.25) is 0 Å². The first kappa shape index (κ1) is 15.1. The number of nitriles is 1. The van der Waals surface area contributed by atoms with Gasteiger partial charge in [-0.3, -0.25) is 14.9 Å². The van der Waals surface area contributed by atoms with Crippen LogP contribution in [-0.4, -0.2) is 16.9 Å². The Morgan fingerprint density at radius 3 is 2.79 bits per heavy atom. The summed E-state index contributed by atoms with van der Waals surface area (Å²) in [4.78, 5) is 22.4. The molecular formula is C12H12BrN3O3. The van der Waals surface area contributed by atoms with Crippen molar-refractivity contribution in [2.24, 2.45) is 0 Å². The van der Waals surface area contributed by atoms with Gasteiger partial charge in [0.15, 0.2) is 0 Å². The smallest absolute Gasteiger partial charge is 0.274 e. The van der Waals surface area contributed by atoms with Crippen LogP contribution in [0.15, 0.2) is 16.6 Å². The standard InChI is InChI=1S/C12H12BrN3O3/c1-7(3-4-14)15-12(17)10-5-9(13)6-11(8(10)2)16(18)19/h5-7H,3H2,1-2H3,(H,15,17). The predicted molar refractivity (Wildman–Crippen MR) is 72.7 cm³/mol. The van der Waals surface area contributed by atoms with Crippen molar-refractivity contribution in [3.8, 4) is 6.07 Å². The molecule has 6 nitrogen and oxygen atoms in total.